The topological polar surface area (TPSA) is 91.7 Å². The lowest BCUT2D eigenvalue weighted by molar-refractivity contribution is 0.0733. The van der Waals surface area contributed by atoms with Gasteiger partial charge in [0.25, 0.3) is 0 Å². The highest BCUT2D eigenvalue weighted by Gasteiger charge is 2.24. The molecule has 1 aromatic carbocycles. The number of morpholine rings is 1. The van der Waals surface area contributed by atoms with Crippen molar-refractivity contribution >= 4 is 15.9 Å². The number of rotatable bonds is 5. The summed E-state index contributed by atoms with van der Waals surface area (Å²) in [6.45, 7) is 1.37. The molecule has 20 heavy (non-hydrogen) atoms. The van der Waals surface area contributed by atoms with E-state index in [2.05, 4.69) is 4.72 Å². The van der Waals surface area contributed by atoms with Crippen molar-refractivity contribution in [3.05, 3.63) is 24.3 Å². The van der Waals surface area contributed by atoms with Crippen LogP contribution in [0.1, 0.15) is 0 Å². The largest absolute Gasteiger partial charge is 0.479 e. The van der Waals surface area contributed by atoms with Gasteiger partial charge in [0.15, 0.2) is 6.61 Å². The number of nitrogens with one attached hydrogen (secondary N) is 1. The van der Waals surface area contributed by atoms with Gasteiger partial charge in [0.2, 0.25) is 0 Å². The van der Waals surface area contributed by atoms with E-state index >= 15 is 0 Å². The van der Waals surface area contributed by atoms with Crippen LogP contribution in [-0.4, -0.2) is 45.6 Å². The molecular formula is C12H15N3O4S. The van der Waals surface area contributed by atoms with Crippen molar-refractivity contribution < 1.29 is 17.9 Å². The maximum absolute atomic E-state index is 12.1. The molecule has 0 saturated carbocycles. The molecule has 0 aliphatic carbocycles. The van der Waals surface area contributed by atoms with E-state index in [4.69, 9.17) is 14.7 Å². The lowest BCUT2D eigenvalue weighted by Gasteiger charge is -2.26. The molecule has 1 N–H and O–H groups in total. The van der Waals surface area contributed by atoms with Crippen molar-refractivity contribution in [2.75, 3.05) is 37.6 Å². The fourth-order valence-electron chi connectivity index (χ4n) is 1.77. The molecule has 0 unspecified atom stereocenters. The zero-order valence-corrected chi connectivity index (χ0v) is 11.6. The van der Waals surface area contributed by atoms with Crippen molar-refractivity contribution in [3.63, 3.8) is 0 Å². The Bertz CT molecular complexity index is 591. The van der Waals surface area contributed by atoms with Gasteiger partial charge in [-0.1, -0.05) is 6.07 Å². The summed E-state index contributed by atoms with van der Waals surface area (Å²) < 4.78 is 38.4. The van der Waals surface area contributed by atoms with E-state index in [-0.39, 0.29) is 6.61 Å². The molecule has 2 rings (SSSR count). The molecule has 0 amide bonds. The summed E-state index contributed by atoms with van der Waals surface area (Å²) in [5.74, 6) is 0.439. The average Bonchev–Trinajstić information content (AvgIpc) is 2.46. The fourth-order valence-corrected chi connectivity index (χ4v) is 2.95. The van der Waals surface area contributed by atoms with Crippen LogP contribution in [-0.2, 0) is 14.9 Å². The number of hydrogen-bond acceptors (Lipinski definition) is 5. The molecule has 1 fully saturated rings. The van der Waals surface area contributed by atoms with Gasteiger partial charge in [0.1, 0.15) is 11.8 Å². The SMILES string of the molecule is N#CCOc1cccc(NS(=O)(=O)N2CCOCC2)c1. The molecule has 8 heteroatoms. The Kier molecular flexibility index (Phi) is 4.79. The number of hydrogen-bond donors (Lipinski definition) is 1. The van der Waals surface area contributed by atoms with Gasteiger partial charge in [-0.05, 0) is 12.1 Å². The third-order valence-corrected chi connectivity index (χ3v) is 4.23. The molecule has 0 radical (unpaired) electrons. The number of anilines is 1. The van der Waals surface area contributed by atoms with Crippen LogP contribution in [0.2, 0.25) is 0 Å². The van der Waals surface area contributed by atoms with Gasteiger partial charge in [0.05, 0.1) is 18.9 Å². The summed E-state index contributed by atoms with van der Waals surface area (Å²) in [6, 6.07) is 8.33. The third kappa shape index (κ3) is 3.84. The predicted octanol–water partition coefficient (Wildman–Crippen LogP) is 0.578. The molecule has 1 heterocycles. The van der Waals surface area contributed by atoms with Crippen LogP contribution in [0.15, 0.2) is 24.3 Å². The molecule has 0 bridgehead atoms. The number of benzene rings is 1. The van der Waals surface area contributed by atoms with Crippen LogP contribution >= 0.6 is 0 Å². The lowest BCUT2D eigenvalue weighted by atomic mass is 10.3. The van der Waals surface area contributed by atoms with Gasteiger partial charge in [-0.25, -0.2) is 0 Å². The Morgan fingerprint density at radius 2 is 2.15 bits per heavy atom. The van der Waals surface area contributed by atoms with Crippen LogP contribution in [0, 0.1) is 11.3 Å². The van der Waals surface area contributed by atoms with Gasteiger partial charge >= 0.3 is 10.2 Å². The second-order valence-electron chi connectivity index (χ2n) is 4.09. The van der Waals surface area contributed by atoms with E-state index < -0.39 is 10.2 Å². The molecule has 0 spiro atoms. The van der Waals surface area contributed by atoms with Crippen LogP contribution in [0.25, 0.3) is 0 Å². The zero-order valence-electron chi connectivity index (χ0n) is 10.8. The van der Waals surface area contributed by atoms with E-state index in [0.29, 0.717) is 37.7 Å². The molecule has 7 nitrogen and oxygen atoms in total. The first-order valence-corrected chi connectivity index (χ1v) is 7.51. The standard InChI is InChI=1S/C12H15N3O4S/c13-4-7-19-12-3-1-2-11(10-12)14-20(16,17)15-5-8-18-9-6-15/h1-3,10,14H,5-9H2. The van der Waals surface area contributed by atoms with Gasteiger partial charge in [-0.3, -0.25) is 4.72 Å². The van der Waals surface area contributed by atoms with E-state index in [9.17, 15) is 8.42 Å². The van der Waals surface area contributed by atoms with Crippen molar-refractivity contribution in [2.24, 2.45) is 0 Å². The minimum Gasteiger partial charge on any atom is -0.479 e. The minimum atomic E-state index is -3.59. The molecular weight excluding hydrogens is 282 g/mol. The Hall–Kier alpha value is -1.82. The zero-order chi connectivity index (χ0) is 14.4. The second kappa shape index (κ2) is 6.56. The van der Waals surface area contributed by atoms with E-state index in [1.54, 1.807) is 18.2 Å². The van der Waals surface area contributed by atoms with Crippen LogP contribution in [0.4, 0.5) is 5.69 Å². The second-order valence-corrected chi connectivity index (χ2v) is 5.76. The van der Waals surface area contributed by atoms with E-state index in [1.807, 2.05) is 6.07 Å². The van der Waals surface area contributed by atoms with Crippen molar-refractivity contribution in [1.29, 1.82) is 5.26 Å². The summed E-state index contributed by atoms with van der Waals surface area (Å²) in [4.78, 5) is 0. The number of ether oxygens (including phenoxy) is 2. The minimum absolute atomic E-state index is 0.0837. The quantitative estimate of drug-likeness (QED) is 0.858. The maximum atomic E-state index is 12.1. The van der Waals surface area contributed by atoms with Gasteiger partial charge in [0, 0.05) is 19.2 Å². The maximum Gasteiger partial charge on any atom is 0.301 e. The van der Waals surface area contributed by atoms with Crippen LogP contribution in [0.5, 0.6) is 5.75 Å². The summed E-state index contributed by atoms with van der Waals surface area (Å²) in [5.41, 5.74) is 0.395. The van der Waals surface area contributed by atoms with E-state index in [1.165, 1.54) is 10.4 Å². The first kappa shape index (κ1) is 14.6. The van der Waals surface area contributed by atoms with Crippen molar-refractivity contribution in [2.45, 2.75) is 0 Å². The normalized spacial score (nSPS) is 16.4. The Morgan fingerprint density at radius 3 is 2.85 bits per heavy atom. The number of nitriles is 1. The molecule has 1 aliphatic heterocycles. The molecule has 1 saturated heterocycles. The highest BCUT2D eigenvalue weighted by molar-refractivity contribution is 7.90. The molecule has 0 aromatic heterocycles. The smallest absolute Gasteiger partial charge is 0.301 e. The summed E-state index contributed by atoms with van der Waals surface area (Å²) >= 11 is 0. The van der Waals surface area contributed by atoms with Gasteiger partial charge in [-0.2, -0.15) is 18.0 Å². The van der Waals surface area contributed by atoms with Gasteiger partial charge < -0.3 is 9.47 Å². The summed E-state index contributed by atoms with van der Waals surface area (Å²) in [6.07, 6.45) is 0. The van der Waals surface area contributed by atoms with Crippen molar-refractivity contribution in [3.8, 4) is 11.8 Å². The highest BCUT2D eigenvalue weighted by Crippen LogP contribution is 2.19. The monoisotopic (exact) mass is 297 g/mol. The average molecular weight is 297 g/mol. The first-order valence-electron chi connectivity index (χ1n) is 6.07. The van der Waals surface area contributed by atoms with Gasteiger partial charge in [-0.15, -0.1) is 0 Å². The first-order chi connectivity index (χ1) is 9.62. The third-order valence-electron chi connectivity index (χ3n) is 2.69. The number of nitrogens with zero attached hydrogens (tertiary/aromatic N) is 2. The Labute approximate surface area is 117 Å². The predicted molar refractivity (Wildman–Crippen MR) is 72.5 cm³/mol. The lowest BCUT2D eigenvalue weighted by Crippen LogP contribution is -2.43. The molecule has 0 atom stereocenters. The Morgan fingerprint density at radius 1 is 1.40 bits per heavy atom. The van der Waals surface area contributed by atoms with Crippen molar-refractivity contribution in [1.82, 2.24) is 4.31 Å². The molecule has 108 valence electrons. The summed E-state index contributed by atoms with van der Waals surface area (Å²) in [5, 5.41) is 8.45. The fraction of sp³-hybridized carbons (Fsp3) is 0.417. The summed E-state index contributed by atoms with van der Waals surface area (Å²) in [7, 11) is -3.59. The van der Waals surface area contributed by atoms with Crippen LogP contribution in [0.3, 0.4) is 0 Å². The van der Waals surface area contributed by atoms with E-state index in [0.717, 1.165) is 0 Å². The highest BCUT2D eigenvalue weighted by atomic mass is 32.2. The molecule has 1 aromatic rings. The Balaban J connectivity index is 2.06. The molecule has 1 aliphatic rings. The van der Waals surface area contributed by atoms with Crippen LogP contribution < -0.4 is 9.46 Å².